The van der Waals surface area contributed by atoms with Crippen molar-refractivity contribution in [3.05, 3.63) is 59.2 Å². The number of amides is 5. The SMILES string of the molecule is CN(C(=O)c1ccccc1OC(F)(F)F)C1CCN(c2cccc3c2C(=O)N(C2CCC(=O)NC2=O)C3=O)CC1. The monoisotopic (exact) mass is 558 g/mol. The first-order chi connectivity index (χ1) is 19.0. The maximum absolute atomic E-state index is 13.4. The highest BCUT2D eigenvalue weighted by molar-refractivity contribution is 6.25. The molecule has 1 atom stereocenters. The van der Waals surface area contributed by atoms with E-state index in [0.717, 1.165) is 11.0 Å². The number of anilines is 1. The van der Waals surface area contributed by atoms with E-state index in [-0.39, 0.29) is 35.6 Å². The van der Waals surface area contributed by atoms with Crippen molar-refractivity contribution in [3.63, 3.8) is 0 Å². The summed E-state index contributed by atoms with van der Waals surface area (Å²) in [6, 6.07) is 8.67. The number of hydrogen-bond acceptors (Lipinski definition) is 7. The van der Waals surface area contributed by atoms with Crippen LogP contribution in [-0.4, -0.2) is 77.9 Å². The Hall–Kier alpha value is -4.42. The first-order valence-corrected chi connectivity index (χ1v) is 12.7. The molecule has 5 rings (SSSR count). The first-order valence-electron chi connectivity index (χ1n) is 12.7. The number of halogens is 3. The lowest BCUT2D eigenvalue weighted by atomic mass is 9.99. The van der Waals surface area contributed by atoms with E-state index < -0.39 is 47.7 Å². The zero-order chi connectivity index (χ0) is 28.8. The van der Waals surface area contributed by atoms with Crippen molar-refractivity contribution < 1.29 is 41.9 Å². The summed E-state index contributed by atoms with van der Waals surface area (Å²) in [6.07, 6.45) is -3.97. The molecule has 0 radical (unpaired) electrons. The van der Waals surface area contributed by atoms with Crippen LogP contribution in [0.25, 0.3) is 0 Å². The molecule has 3 heterocycles. The van der Waals surface area contributed by atoms with Crippen LogP contribution in [0.4, 0.5) is 18.9 Å². The molecule has 2 fully saturated rings. The molecule has 1 N–H and O–H groups in total. The lowest BCUT2D eigenvalue weighted by Gasteiger charge is -2.38. The number of carbonyl (C=O) groups is 5. The summed E-state index contributed by atoms with van der Waals surface area (Å²) in [5.74, 6) is -3.55. The van der Waals surface area contributed by atoms with E-state index in [4.69, 9.17) is 0 Å². The summed E-state index contributed by atoms with van der Waals surface area (Å²) >= 11 is 0. The van der Waals surface area contributed by atoms with Crippen LogP contribution in [0, 0.1) is 0 Å². The molecule has 2 aromatic carbocycles. The predicted molar refractivity (Wildman–Crippen MR) is 134 cm³/mol. The van der Waals surface area contributed by atoms with Crippen LogP contribution in [0.2, 0.25) is 0 Å². The standard InChI is InChI=1S/C27H25F3N4O6/c1-32(24(37)16-5-2-3-8-20(16)40-27(28,29)30)15-11-13-33(14-12-15)18-7-4-6-17-22(18)26(39)34(25(17)38)19-9-10-21(35)31-23(19)36/h2-8,15,19H,9-14H2,1H3,(H,31,35,36). The van der Waals surface area contributed by atoms with Crippen LogP contribution in [0.1, 0.15) is 56.8 Å². The molecule has 1 unspecified atom stereocenters. The second-order valence-electron chi connectivity index (χ2n) is 9.83. The van der Waals surface area contributed by atoms with Gasteiger partial charge in [-0.2, -0.15) is 0 Å². The maximum Gasteiger partial charge on any atom is 0.573 e. The fourth-order valence-electron chi connectivity index (χ4n) is 5.47. The maximum atomic E-state index is 13.4. The van der Waals surface area contributed by atoms with Crippen molar-refractivity contribution in [2.45, 2.75) is 44.1 Å². The predicted octanol–water partition coefficient (Wildman–Crippen LogP) is 2.73. The highest BCUT2D eigenvalue weighted by Gasteiger charge is 2.46. The van der Waals surface area contributed by atoms with E-state index in [1.807, 2.05) is 4.90 Å². The molecule has 10 nitrogen and oxygen atoms in total. The molecule has 40 heavy (non-hydrogen) atoms. The van der Waals surface area contributed by atoms with Crippen LogP contribution in [-0.2, 0) is 9.59 Å². The number of hydrogen-bond donors (Lipinski definition) is 1. The van der Waals surface area contributed by atoms with Crippen LogP contribution in [0.3, 0.4) is 0 Å². The van der Waals surface area contributed by atoms with Gasteiger partial charge in [0.2, 0.25) is 11.8 Å². The van der Waals surface area contributed by atoms with E-state index in [9.17, 15) is 37.1 Å². The van der Waals surface area contributed by atoms with Gasteiger partial charge in [0.1, 0.15) is 11.8 Å². The minimum absolute atomic E-state index is 0.0171. The first kappa shape index (κ1) is 27.2. The Kier molecular flexibility index (Phi) is 6.98. The van der Waals surface area contributed by atoms with Gasteiger partial charge in [-0.25, -0.2) is 0 Å². The molecule has 210 valence electrons. The van der Waals surface area contributed by atoms with Crippen LogP contribution in [0.15, 0.2) is 42.5 Å². The minimum Gasteiger partial charge on any atom is -0.405 e. The van der Waals surface area contributed by atoms with E-state index in [0.29, 0.717) is 31.6 Å². The van der Waals surface area contributed by atoms with E-state index >= 15 is 0 Å². The van der Waals surface area contributed by atoms with Crippen molar-refractivity contribution in [2.24, 2.45) is 0 Å². The number of imide groups is 2. The molecular formula is C27H25F3N4O6. The van der Waals surface area contributed by atoms with Crippen molar-refractivity contribution in [2.75, 3.05) is 25.0 Å². The smallest absolute Gasteiger partial charge is 0.405 e. The lowest BCUT2D eigenvalue weighted by Crippen LogP contribution is -2.54. The average molecular weight is 559 g/mol. The molecule has 0 aliphatic carbocycles. The quantitative estimate of drug-likeness (QED) is 0.561. The Labute approximate surface area is 226 Å². The fraction of sp³-hybridized carbons (Fsp3) is 0.370. The number of benzene rings is 2. The highest BCUT2D eigenvalue weighted by Crippen LogP contribution is 2.36. The molecule has 3 aliphatic heterocycles. The number of nitrogens with one attached hydrogen (secondary N) is 1. The largest absolute Gasteiger partial charge is 0.573 e. The van der Waals surface area contributed by atoms with E-state index in [1.54, 1.807) is 12.1 Å². The Morgan fingerprint density at radius 2 is 1.68 bits per heavy atom. The topological polar surface area (TPSA) is 116 Å². The molecule has 0 aromatic heterocycles. The fourth-order valence-corrected chi connectivity index (χ4v) is 5.47. The summed E-state index contributed by atoms with van der Waals surface area (Å²) in [6.45, 7) is 0.804. The number of nitrogens with zero attached hydrogens (tertiary/aromatic N) is 3. The number of alkyl halides is 3. The lowest BCUT2D eigenvalue weighted by molar-refractivity contribution is -0.274. The number of para-hydroxylation sites is 1. The van der Waals surface area contributed by atoms with Crippen LogP contribution in [0.5, 0.6) is 5.75 Å². The van der Waals surface area contributed by atoms with Gasteiger partial charge in [-0.05, 0) is 43.5 Å². The van der Waals surface area contributed by atoms with Gasteiger partial charge in [0.05, 0.1) is 22.4 Å². The third-order valence-electron chi connectivity index (χ3n) is 7.46. The summed E-state index contributed by atoms with van der Waals surface area (Å²) in [5.41, 5.74) is 0.659. The van der Waals surface area contributed by atoms with Crippen molar-refractivity contribution in [1.82, 2.24) is 15.1 Å². The van der Waals surface area contributed by atoms with Gasteiger partial charge in [0.15, 0.2) is 0 Å². The van der Waals surface area contributed by atoms with Gasteiger partial charge in [0, 0.05) is 32.6 Å². The van der Waals surface area contributed by atoms with Gasteiger partial charge >= 0.3 is 6.36 Å². The van der Waals surface area contributed by atoms with Crippen molar-refractivity contribution >= 4 is 35.2 Å². The van der Waals surface area contributed by atoms with Crippen LogP contribution >= 0.6 is 0 Å². The van der Waals surface area contributed by atoms with Gasteiger partial charge in [-0.15, -0.1) is 13.2 Å². The Morgan fingerprint density at radius 3 is 2.35 bits per heavy atom. The van der Waals surface area contributed by atoms with Crippen molar-refractivity contribution in [1.29, 1.82) is 0 Å². The molecule has 2 aromatic rings. The van der Waals surface area contributed by atoms with Crippen LogP contribution < -0.4 is 15.0 Å². The third-order valence-corrected chi connectivity index (χ3v) is 7.46. The van der Waals surface area contributed by atoms with Gasteiger partial charge in [-0.1, -0.05) is 18.2 Å². The summed E-state index contributed by atoms with van der Waals surface area (Å²) in [7, 11) is 1.52. The Bertz CT molecular complexity index is 1400. The van der Waals surface area contributed by atoms with Gasteiger partial charge in [-0.3, -0.25) is 34.2 Å². The number of ether oxygens (including phenoxy) is 1. The zero-order valence-electron chi connectivity index (χ0n) is 21.4. The molecular weight excluding hydrogens is 533 g/mol. The second kappa shape index (κ2) is 10.3. The van der Waals surface area contributed by atoms with E-state index in [2.05, 4.69) is 10.1 Å². The molecule has 0 saturated carbocycles. The van der Waals surface area contributed by atoms with Crippen molar-refractivity contribution in [3.8, 4) is 5.75 Å². The molecule has 0 spiro atoms. The molecule has 2 saturated heterocycles. The zero-order valence-corrected chi connectivity index (χ0v) is 21.4. The molecule has 5 amide bonds. The Morgan fingerprint density at radius 1 is 0.975 bits per heavy atom. The minimum atomic E-state index is -4.94. The second-order valence-corrected chi connectivity index (χ2v) is 9.83. The Balaban J connectivity index is 1.30. The summed E-state index contributed by atoms with van der Waals surface area (Å²) in [4.78, 5) is 67.8. The summed E-state index contributed by atoms with van der Waals surface area (Å²) < 4.78 is 42.5. The number of fused-ring (bicyclic) bond motifs is 1. The molecule has 3 aliphatic rings. The molecule has 13 heteroatoms. The number of piperidine rings is 2. The number of rotatable bonds is 5. The third kappa shape index (κ3) is 4.98. The van der Waals surface area contributed by atoms with E-state index in [1.165, 1.54) is 36.2 Å². The average Bonchev–Trinajstić information content (AvgIpc) is 3.17. The van der Waals surface area contributed by atoms with Gasteiger partial charge < -0.3 is 14.5 Å². The summed E-state index contributed by atoms with van der Waals surface area (Å²) in [5, 5.41) is 2.17. The number of carbonyl (C=O) groups excluding carboxylic acids is 5. The van der Waals surface area contributed by atoms with Gasteiger partial charge in [0.25, 0.3) is 17.7 Å². The normalized spacial score (nSPS) is 19.9. The molecule has 0 bridgehead atoms. The highest BCUT2D eigenvalue weighted by atomic mass is 19.4.